The Hall–Kier alpha value is -0.480. The lowest BCUT2D eigenvalue weighted by molar-refractivity contribution is 0.325. The molecule has 3 nitrogen and oxygen atoms in total. The number of aromatic nitrogens is 2. The summed E-state index contributed by atoms with van der Waals surface area (Å²) in [5, 5.41) is 0.433. The van der Waals surface area contributed by atoms with Gasteiger partial charge in [-0.3, -0.25) is 0 Å². The predicted molar refractivity (Wildman–Crippen MR) is 55.4 cm³/mol. The molecule has 0 aliphatic rings. The molecule has 0 saturated carbocycles. The summed E-state index contributed by atoms with van der Waals surface area (Å²) in [6.07, 6.45) is 1.99. The highest BCUT2D eigenvalue weighted by Crippen LogP contribution is 2.15. The molecule has 0 unspecified atom stereocenters. The lowest BCUT2D eigenvalue weighted by atomic mass is 10.6. The van der Waals surface area contributed by atoms with E-state index in [2.05, 4.69) is 9.97 Å². The van der Waals surface area contributed by atoms with Crippen molar-refractivity contribution in [3.63, 3.8) is 0 Å². The van der Waals surface area contributed by atoms with Crippen LogP contribution in [0.3, 0.4) is 0 Å². The minimum absolute atomic E-state index is 0.433. The van der Waals surface area contributed by atoms with Gasteiger partial charge in [0, 0.05) is 6.07 Å². The summed E-state index contributed by atoms with van der Waals surface area (Å²) in [4.78, 5) is 8.23. The number of thioether (sulfide) groups is 1. The molecule has 0 aromatic carbocycles. The van der Waals surface area contributed by atoms with Gasteiger partial charge in [-0.15, -0.1) is 0 Å². The summed E-state index contributed by atoms with van der Waals surface area (Å²) in [6, 6.07) is 1.62. The summed E-state index contributed by atoms with van der Waals surface area (Å²) in [7, 11) is 0. The van der Waals surface area contributed by atoms with Crippen LogP contribution in [0.2, 0.25) is 5.15 Å². The van der Waals surface area contributed by atoms with Crippen molar-refractivity contribution in [1.82, 2.24) is 9.97 Å². The first kappa shape index (κ1) is 10.6. The third kappa shape index (κ3) is 3.40. The van der Waals surface area contributed by atoms with Gasteiger partial charge in [-0.1, -0.05) is 11.6 Å². The fourth-order valence-electron chi connectivity index (χ4n) is 0.857. The first-order valence-electron chi connectivity index (χ1n) is 3.91. The lowest BCUT2D eigenvalue weighted by Gasteiger charge is -2.03. The highest BCUT2D eigenvalue weighted by atomic mass is 35.5. The molecule has 0 bridgehead atoms. The molecule has 0 spiro atoms. The van der Waals surface area contributed by atoms with Gasteiger partial charge in [0.1, 0.15) is 11.0 Å². The first-order chi connectivity index (χ1) is 6.26. The quantitative estimate of drug-likeness (QED) is 0.727. The van der Waals surface area contributed by atoms with Gasteiger partial charge in [-0.2, -0.15) is 16.7 Å². The van der Waals surface area contributed by atoms with Gasteiger partial charge in [0.25, 0.3) is 0 Å². The average Bonchev–Trinajstić information content (AvgIpc) is 2.04. The maximum atomic E-state index is 5.78. The number of halogens is 1. The summed E-state index contributed by atoms with van der Waals surface area (Å²) < 4.78 is 5.23. The molecule has 0 aliphatic heterocycles. The van der Waals surface area contributed by atoms with E-state index in [1.165, 1.54) is 0 Å². The zero-order valence-corrected chi connectivity index (χ0v) is 9.15. The normalized spacial score (nSPS) is 10.1. The van der Waals surface area contributed by atoms with Crippen LogP contribution in [-0.4, -0.2) is 22.8 Å². The molecule has 0 atom stereocenters. The van der Waals surface area contributed by atoms with E-state index in [4.69, 9.17) is 16.3 Å². The molecule has 0 amide bonds. The van der Waals surface area contributed by atoms with Crippen LogP contribution in [0.1, 0.15) is 12.7 Å². The van der Waals surface area contributed by atoms with Crippen molar-refractivity contribution < 1.29 is 4.74 Å². The second-order valence-electron chi connectivity index (χ2n) is 2.31. The van der Waals surface area contributed by atoms with Crippen molar-refractivity contribution in [1.29, 1.82) is 0 Å². The van der Waals surface area contributed by atoms with E-state index in [0.29, 0.717) is 23.5 Å². The minimum atomic E-state index is 0.433. The van der Waals surface area contributed by atoms with Crippen LogP contribution in [0.4, 0.5) is 0 Å². The van der Waals surface area contributed by atoms with Gasteiger partial charge in [0.15, 0.2) is 0 Å². The first-order valence-corrected chi connectivity index (χ1v) is 5.68. The van der Waals surface area contributed by atoms with Crippen molar-refractivity contribution in [3.05, 3.63) is 17.0 Å². The highest BCUT2D eigenvalue weighted by molar-refractivity contribution is 7.97. The average molecular weight is 219 g/mol. The van der Waals surface area contributed by atoms with Crippen molar-refractivity contribution in [2.45, 2.75) is 12.7 Å². The van der Waals surface area contributed by atoms with E-state index in [1.54, 1.807) is 17.8 Å². The standard InChI is InChI=1S/C8H11ClN2OS/c1-3-12-8-4-6(9)10-7(11-8)5-13-2/h4H,3,5H2,1-2H3. The van der Waals surface area contributed by atoms with E-state index in [0.717, 1.165) is 5.75 Å². The number of ether oxygens (including phenoxy) is 1. The maximum Gasteiger partial charge on any atom is 0.218 e. The second-order valence-corrected chi connectivity index (χ2v) is 3.56. The number of nitrogens with zero attached hydrogens (tertiary/aromatic N) is 2. The zero-order chi connectivity index (χ0) is 9.68. The number of hydrogen-bond donors (Lipinski definition) is 0. The Morgan fingerprint density at radius 2 is 2.31 bits per heavy atom. The van der Waals surface area contributed by atoms with Gasteiger partial charge >= 0.3 is 0 Å². The second kappa shape index (κ2) is 5.29. The van der Waals surface area contributed by atoms with E-state index < -0.39 is 0 Å². The zero-order valence-electron chi connectivity index (χ0n) is 7.58. The molecular formula is C8H11ClN2OS. The van der Waals surface area contributed by atoms with E-state index >= 15 is 0 Å². The van der Waals surface area contributed by atoms with Gasteiger partial charge in [-0.25, -0.2) is 4.98 Å². The molecule has 0 saturated heterocycles. The van der Waals surface area contributed by atoms with Crippen LogP contribution in [0, 0.1) is 0 Å². The smallest absolute Gasteiger partial charge is 0.218 e. The predicted octanol–water partition coefficient (Wildman–Crippen LogP) is 2.39. The molecule has 0 aliphatic carbocycles. The highest BCUT2D eigenvalue weighted by Gasteiger charge is 2.02. The van der Waals surface area contributed by atoms with E-state index in [-0.39, 0.29) is 0 Å². The molecule has 13 heavy (non-hydrogen) atoms. The summed E-state index contributed by atoms with van der Waals surface area (Å²) in [5.74, 6) is 2.01. The molecule has 1 rings (SSSR count). The monoisotopic (exact) mass is 218 g/mol. The number of hydrogen-bond acceptors (Lipinski definition) is 4. The Morgan fingerprint density at radius 1 is 1.54 bits per heavy atom. The Kier molecular flexibility index (Phi) is 4.32. The van der Waals surface area contributed by atoms with Gasteiger partial charge < -0.3 is 4.74 Å². The Labute approximate surface area is 86.9 Å². The van der Waals surface area contributed by atoms with Crippen LogP contribution in [0.25, 0.3) is 0 Å². The molecule has 72 valence electrons. The summed E-state index contributed by atoms with van der Waals surface area (Å²) in [6.45, 7) is 2.50. The Bertz CT molecular complexity index is 259. The van der Waals surface area contributed by atoms with Crippen LogP contribution < -0.4 is 4.74 Å². The Balaban J connectivity index is 2.83. The van der Waals surface area contributed by atoms with E-state index in [9.17, 15) is 0 Å². The maximum absolute atomic E-state index is 5.78. The third-order valence-corrected chi connectivity index (χ3v) is 2.02. The molecule has 0 radical (unpaired) electrons. The molecule has 1 heterocycles. The fourth-order valence-corrected chi connectivity index (χ4v) is 1.44. The molecule has 1 aromatic heterocycles. The van der Waals surface area contributed by atoms with Crippen LogP contribution in [0.15, 0.2) is 6.07 Å². The van der Waals surface area contributed by atoms with Crippen LogP contribution in [-0.2, 0) is 5.75 Å². The summed E-state index contributed by atoms with van der Waals surface area (Å²) >= 11 is 7.43. The topological polar surface area (TPSA) is 35.0 Å². The SMILES string of the molecule is CCOc1cc(Cl)nc(CSC)n1. The molecule has 1 aromatic rings. The minimum Gasteiger partial charge on any atom is -0.478 e. The molecule has 5 heteroatoms. The lowest BCUT2D eigenvalue weighted by Crippen LogP contribution is -1.99. The van der Waals surface area contributed by atoms with Crippen molar-refractivity contribution in [3.8, 4) is 5.88 Å². The van der Waals surface area contributed by atoms with Gasteiger partial charge in [0.2, 0.25) is 5.88 Å². The van der Waals surface area contributed by atoms with Crippen molar-refractivity contribution in [2.75, 3.05) is 12.9 Å². The number of rotatable bonds is 4. The van der Waals surface area contributed by atoms with Crippen LogP contribution in [0.5, 0.6) is 5.88 Å². The van der Waals surface area contributed by atoms with Crippen molar-refractivity contribution in [2.24, 2.45) is 0 Å². The largest absolute Gasteiger partial charge is 0.478 e. The van der Waals surface area contributed by atoms with Gasteiger partial charge in [-0.05, 0) is 13.2 Å². The van der Waals surface area contributed by atoms with Crippen molar-refractivity contribution >= 4 is 23.4 Å². The molecular weight excluding hydrogens is 208 g/mol. The molecule has 0 N–H and O–H groups in total. The van der Waals surface area contributed by atoms with E-state index in [1.807, 2.05) is 13.2 Å². The Morgan fingerprint density at radius 3 is 2.92 bits per heavy atom. The molecule has 0 fully saturated rings. The summed E-state index contributed by atoms with van der Waals surface area (Å²) in [5.41, 5.74) is 0. The fraction of sp³-hybridized carbons (Fsp3) is 0.500. The van der Waals surface area contributed by atoms with Crippen LogP contribution >= 0.6 is 23.4 Å². The third-order valence-electron chi connectivity index (χ3n) is 1.28. The van der Waals surface area contributed by atoms with Gasteiger partial charge in [0.05, 0.1) is 12.4 Å².